The summed E-state index contributed by atoms with van der Waals surface area (Å²) in [4.78, 5) is 20.5. The number of rotatable bonds is 1. The summed E-state index contributed by atoms with van der Waals surface area (Å²) in [6.07, 6.45) is 3.82. The molecule has 0 aromatic carbocycles. The zero-order valence-corrected chi connectivity index (χ0v) is 9.24. The van der Waals surface area contributed by atoms with Crippen molar-refractivity contribution in [2.24, 2.45) is 0 Å². The van der Waals surface area contributed by atoms with Gasteiger partial charge in [0.1, 0.15) is 0 Å². The first-order chi connectivity index (χ1) is 7.31. The Balaban J connectivity index is 1.87. The van der Waals surface area contributed by atoms with E-state index in [2.05, 4.69) is 15.2 Å². The normalized spacial score (nSPS) is 27.3. The smallest absolute Gasteiger partial charge is 0.320 e. The van der Waals surface area contributed by atoms with Crippen molar-refractivity contribution in [1.82, 2.24) is 15.3 Å². The van der Waals surface area contributed by atoms with Crippen LogP contribution in [0.1, 0.15) is 19.3 Å². The van der Waals surface area contributed by atoms with E-state index in [1.54, 1.807) is 0 Å². The van der Waals surface area contributed by atoms with Gasteiger partial charge in [-0.05, 0) is 19.4 Å². The van der Waals surface area contributed by atoms with Crippen molar-refractivity contribution in [3.63, 3.8) is 0 Å². The summed E-state index contributed by atoms with van der Waals surface area (Å²) in [5.74, 6) is 0. The van der Waals surface area contributed by atoms with E-state index in [-0.39, 0.29) is 6.03 Å². The number of hydrogen-bond acceptors (Lipinski definition) is 3. The van der Waals surface area contributed by atoms with Gasteiger partial charge < -0.3 is 4.90 Å². The van der Waals surface area contributed by atoms with Gasteiger partial charge in [-0.1, -0.05) is 6.42 Å². The van der Waals surface area contributed by atoms with E-state index >= 15 is 0 Å². The summed E-state index contributed by atoms with van der Waals surface area (Å²) in [6.45, 7) is 3.85. The third kappa shape index (κ3) is 2.41. The first kappa shape index (κ1) is 10.7. The van der Waals surface area contributed by atoms with Gasteiger partial charge in [-0.3, -0.25) is 9.74 Å². The second kappa shape index (κ2) is 4.81. The van der Waals surface area contributed by atoms with Crippen molar-refractivity contribution >= 4 is 6.03 Å². The average molecular weight is 213 g/mol. The van der Waals surface area contributed by atoms with Gasteiger partial charge in [0.25, 0.3) is 0 Å². The highest BCUT2D eigenvalue weighted by Gasteiger charge is 2.30. The molecular formula is C10H19N3O2. The Morgan fingerprint density at radius 3 is 3.00 bits per heavy atom. The van der Waals surface area contributed by atoms with Crippen LogP contribution in [0.25, 0.3) is 0 Å². The summed E-state index contributed by atoms with van der Waals surface area (Å²) < 4.78 is 0. The summed E-state index contributed by atoms with van der Waals surface area (Å²) in [5, 5.41) is 0. The minimum absolute atomic E-state index is 0.109. The van der Waals surface area contributed by atoms with Crippen LogP contribution in [-0.4, -0.2) is 55.2 Å². The minimum Gasteiger partial charge on any atom is -0.320 e. The number of carbonyl (C=O) groups excluding carboxylic acids is 1. The molecule has 1 N–H and O–H groups in total. The van der Waals surface area contributed by atoms with Gasteiger partial charge in [-0.2, -0.15) is 0 Å². The van der Waals surface area contributed by atoms with Crippen LogP contribution < -0.4 is 5.48 Å². The number of urea groups is 1. The SMILES string of the molecule is CONC(=O)N1CCN2CCCCC2C1. The van der Waals surface area contributed by atoms with Gasteiger partial charge >= 0.3 is 6.03 Å². The van der Waals surface area contributed by atoms with Gasteiger partial charge in [-0.25, -0.2) is 10.3 Å². The Kier molecular flexibility index (Phi) is 3.43. The highest BCUT2D eigenvalue weighted by Crippen LogP contribution is 2.20. The van der Waals surface area contributed by atoms with Crippen molar-refractivity contribution in [3.8, 4) is 0 Å². The lowest BCUT2D eigenvalue weighted by Gasteiger charge is -2.43. The molecule has 0 aromatic heterocycles. The molecular weight excluding hydrogens is 194 g/mol. The van der Waals surface area contributed by atoms with Crippen molar-refractivity contribution in [2.45, 2.75) is 25.3 Å². The molecule has 2 aliphatic heterocycles. The number of nitrogens with zero attached hydrogens (tertiary/aromatic N) is 2. The fraction of sp³-hybridized carbons (Fsp3) is 0.900. The zero-order chi connectivity index (χ0) is 10.7. The summed E-state index contributed by atoms with van der Waals surface area (Å²) >= 11 is 0. The predicted octanol–water partition coefficient (Wildman–Crippen LogP) is 0.427. The molecule has 2 fully saturated rings. The Bertz CT molecular complexity index is 235. The lowest BCUT2D eigenvalue weighted by atomic mass is 10.00. The topological polar surface area (TPSA) is 44.8 Å². The maximum atomic E-state index is 11.5. The molecule has 5 heteroatoms. The predicted molar refractivity (Wildman–Crippen MR) is 56.3 cm³/mol. The van der Waals surface area contributed by atoms with Crippen LogP contribution in [0.4, 0.5) is 4.79 Å². The van der Waals surface area contributed by atoms with Crippen molar-refractivity contribution < 1.29 is 9.63 Å². The quantitative estimate of drug-likeness (QED) is 0.642. The molecule has 86 valence electrons. The molecule has 2 rings (SSSR count). The monoisotopic (exact) mass is 213 g/mol. The van der Waals surface area contributed by atoms with E-state index in [4.69, 9.17) is 0 Å². The van der Waals surface area contributed by atoms with Gasteiger partial charge in [0, 0.05) is 25.7 Å². The number of hydrogen-bond donors (Lipinski definition) is 1. The summed E-state index contributed by atoms with van der Waals surface area (Å²) in [7, 11) is 1.47. The van der Waals surface area contributed by atoms with Crippen molar-refractivity contribution in [1.29, 1.82) is 0 Å². The molecule has 5 nitrogen and oxygen atoms in total. The average Bonchev–Trinajstić information content (AvgIpc) is 2.29. The van der Waals surface area contributed by atoms with Crippen LogP contribution in [0.2, 0.25) is 0 Å². The van der Waals surface area contributed by atoms with Crippen LogP contribution in [0.5, 0.6) is 0 Å². The first-order valence-electron chi connectivity index (χ1n) is 5.63. The van der Waals surface area contributed by atoms with E-state index in [0.717, 1.165) is 19.6 Å². The van der Waals surface area contributed by atoms with Crippen LogP contribution in [0, 0.1) is 0 Å². The molecule has 0 spiro atoms. The van der Waals surface area contributed by atoms with E-state index in [1.165, 1.54) is 32.9 Å². The van der Waals surface area contributed by atoms with Crippen LogP contribution in [0.15, 0.2) is 0 Å². The Morgan fingerprint density at radius 1 is 1.33 bits per heavy atom. The van der Waals surface area contributed by atoms with Gasteiger partial charge in [0.15, 0.2) is 0 Å². The summed E-state index contributed by atoms with van der Waals surface area (Å²) in [5.41, 5.74) is 2.38. The number of piperidine rings is 1. The summed E-state index contributed by atoms with van der Waals surface area (Å²) in [6, 6.07) is 0.456. The molecule has 0 radical (unpaired) electrons. The van der Waals surface area contributed by atoms with E-state index in [9.17, 15) is 4.79 Å². The molecule has 2 saturated heterocycles. The van der Waals surface area contributed by atoms with Crippen molar-refractivity contribution in [2.75, 3.05) is 33.3 Å². The Labute approximate surface area is 90.3 Å². The lowest BCUT2D eigenvalue weighted by Crippen LogP contribution is -2.57. The van der Waals surface area contributed by atoms with Crippen LogP contribution in [0.3, 0.4) is 0 Å². The molecule has 2 heterocycles. The fourth-order valence-electron chi connectivity index (χ4n) is 2.49. The third-order valence-corrected chi connectivity index (χ3v) is 3.31. The molecule has 15 heavy (non-hydrogen) atoms. The number of hydroxylamine groups is 1. The molecule has 2 amide bonds. The molecule has 0 aliphatic carbocycles. The highest BCUT2D eigenvalue weighted by molar-refractivity contribution is 5.73. The molecule has 0 bridgehead atoms. The number of amides is 2. The van der Waals surface area contributed by atoms with Gasteiger partial charge in [-0.15, -0.1) is 0 Å². The lowest BCUT2D eigenvalue weighted by molar-refractivity contribution is 0.0408. The second-order valence-corrected chi connectivity index (χ2v) is 4.24. The zero-order valence-electron chi connectivity index (χ0n) is 9.24. The van der Waals surface area contributed by atoms with Crippen LogP contribution in [-0.2, 0) is 4.84 Å². The largest absolute Gasteiger partial charge is 0.341 e. The Hall–Kier alpha value is -0.810. The molecule has 1 unspecified atom stereocenters. The number of piperazine rings is 1. The maximum absolute atomic E-state index is 11.5. The van der Waals surface area contributed by atoms with E-state index in [0.29, 0.717) is 6.04 Å². The maximum Gasteiger partial charge on any atom is 0.341 e. The number of nitrogens with one attached hydrogen (secondary N) is 1. The van der Waals surface area contributed by atoms with Crippen LogP contribution >= 0.6 is 0 Å². The third-order valence-electron chi connectivity index (χ3n) is 3.31. The van der Waals surface area contributed by atoms with Gasteiger partial charge in [0.2, 0.25) is 0 Å². The highest BCUT2D eigenvalue weighted by atomic mass is 16.6. The standard InChI is InChI=1S/C10H19N3O2/c1-15-11-10(14)13-7-6-12-5-3-2-4-9(12)8-13/h9H,2-8H2,1H3,(H,11,14). The fourth-order valence-corrected chi connectivity index (χ4v) is 2.49. The van der Waals surface area contributed by atoms with E-state index < -0.39 is 0 Å². The molecule has 2 aliphatic rings. The number of fused-ring (bicyclic) bond motifs is 1. The van der Waals surface area contributed by atoms with E-state index in [1.807, 2.05) is 4.90 Å². The molecule has 0 saturated carbocycles. The first-order valence-corrected chi connectivity index (χ1v) is 5.63. The minimum atomic E-state index is -0.109. The Morgan fingerprint density at radius 2 is 2.20 bits per heavy atom. The second-order valence-electron chi connectivity index (χ2n) is 4.24. The number of carbonyl (C=O) groups is 1. The van der Waals surface area contributed by atoms with Gasteiger partial charge in [0.05, 0.1) is 7.11 Å². The molecule has 0 aromatic rings. The van der Waals surface area contributed by atoms with Crippen molar-refractivity contribution in [3.05, 3.63) is 0 Å². The molecule has 1 atom stereocenters.